The Morgan fingerprint density at radius 1 is 1.03 bits per heavy atom. The minimum Gasteiger partial charge on any atom is -0.369 e. The zero-order valence-electron chi connectivity index (χ0n) is 16.9. The van der Waals surface area contributed by atoms with E-state index in [1.807, 2.05) is 0 Å². The molecule has 180 valence electrons. The number of amides is 1. The van der Waals surface area contributed by atoms with Gasteiger partial charge in [-0.1, -0.05) is 43.3 Å². The molecule has 3 rings (SSSR count). The summed E-state index contributed by atoms with van der Waals surface area (Å²) >= 11 is 0. The molecule has 1 aliphatic rings. The van der Waals surface area contributed by atoms with Crippen LogP contribution < -0.4 is 10.6 Å². The van der Waals surface area contributed by atoms with Crippen LogP contribution in [0.25, 0.3) is 0 Å². The van der Waals surface area contributed by atoms with Crippen LogP contribution in [0.3, 0.4) is 0 Å². The molecule has 0 saturated carbocycles. The summed E-state index contributed by atoms with van der Waals surface area (Å²) in [5, 5.41) is 14.4. The fraction of sp³-hybridized carbons (Fsp3) is 0.350. The van der Waals surface area contributed by atoms with E-state index in [1.165, 1.54) is 19.1 Å². The topological polar surface area (TPSA) is 95.5 Å². The Morgan fingerprint density at radius 3 is 2.09 bits per heavy atom. The highest BCUT2D eigenvalue weighted by atomic mass is 32.2. The lowest BCUT2D eigenvalue weighted by Gasteiger charge is -2.32. The second-order valence-corrected chi connectivity index (χ2v) is 9.75. The van der Waals surface area contributed by atoms with E-state index in [2.05, 4.69) is 10.6 Å². The summed E-state index contributed by atoms with van der Waals surface area (Å²) in [4.78, 5) is 10.9. The van der Waals surface area contributed by atoms with Crippen molar-refractivity contribution in [1.29, 1.82) is 0 Å². The first-order valence-corrected chi connectivity index (χ1v) is 11.1. The molecule has 3 N–H and O–H groups in total. The number of carbonyl (C=O) groups excluding carboxylic acids is 1. The molecule has 13 heteroatoms. The second kappa shape index (κ2) is 7.99. The van der Waals surface area contributed by atoms with Gasteiger partial charge in [-0.25, -0.2) is 8.42 Å². The van der Waals surface area contributed by atoms with E-state index < -0.39 is 49.9 Å². The van der Waals surface area contributed by atoms with Gasteiger partial charge in [-0.15, -0.1) is 0 Å². The number of halogens is 6. The Kier molecular flexibility index (Phi) is 6.05. The summed E-state index contributed by atoms with van der Waals surface area (Å²) in [6.45, 7) is 1.38. The average molecular weight is 496 g/mol. The molecule has 1 aliphatic heterocycles. The van der Waals surface area contributed by atoms with E-state index in [-0.39, 0.29) is 17.8 Å². The Hall–Kier alpha value is -2.64. The first-order chi connectivity index (χ1) is 15.1. The highest BCUT2D eigenvalue weighted by Crippen LogP contribution is 2.50. The number of hydrogen-bond donors (Lipinski definition) is 3. The van der Waals surface area contributed by atoms with Gasteiger partial charge in [0.05, 0.1) is 5.75 Å². The molecule has 1 heterocycles. The van der Waals surface area contributed by atoms with E-state index >= 15 is 0 Å². The van der Waals surface area contributed by atoms with Crippen molar-refractivity contribution < 1.29 is 44.7 Å². The maximum absolute atomic E-state index is 13.1. The van der Waals surface area contributed by atoms with Gasteiger partial charge in [-0.05, 0) is 17.7 Å². The van der Waals surface area contributed by atoms with Gasteiger partial charge < -0.3 is 10.4 Å². The molecular weight excluding hydrogens is 478 g/mol. The third-order valence-corrected chi connectivity index (χ3v) is 7.71. The van der Waals surface area contributed by atoms with Gasteiger partial charge in [0, 0.05) is 23.4 Å². The van der Waals surface area contributed by atoms with Gasteiger partial charge in [-0.2, -0.15) is 26.3 Å². The quantitative estimate of drug-likeness (QED) is 0.552. The van der Waals surface area contributed by atoms with Crippen molar-refractivity contribution in [3.8, 4) is 0 Å². The number of fused-ring (bicyclic) bond motifs is 1. The summed E-state index contributed by atoms with van der Waals surface area (Å²) in [6.07, 6.45) is -12.1. The molecule has 2 aromatic carbocycles. The normalized spacial score (nSPS) is 19.3. The van der Waals surface area contributed by atoms with Gasteiger partial charge in [0.2, 0.25) is 4.87 Å². The monoisotopic (exact) mass is 496 g/mol. The Morgan fingerprint density at radius 2 is 1.58 bits per heavy atom. The number of sulfone groups is 1. The molecule has 2 aromatic rings. The van der Waals surface area contributed by atoms with E-state index in [1.54, 1.807) is 12.1 Å². The van der Waals surface area contributed by atoms with Crippen LogP contribution in [0.1, 0.15) is 23.6 Å². The molecule has 0 fully saturated rings. The fourth-order valence-corrected chi connectivity index (χ4v) is 5.27. The SMILES string of the molecule is CCS(=O)(=O)C1(C(=O)Nc2ccc(C(O)(C(F)(F)F)C(F)(F)F)cc2)NCc2ccccc21. The van der Waals surface area contributed by atoms with Crippen LogP contribution >= 0.6 is 0 Å². The fourth-order valence-electron chi connectivity index (χ4n) is 3.67. The van der Waals surface area contributed by atoms with Gasteiger partial charge in [0.15, 0.2) is 9.84 Å². The van der Waals surface area contributed by atoms with E-state index in [0.717, 1.165) is 0 Å². The molecule has 0 spiro atoms. The molecule has 0 aliphatic carbocycles. The van der Waals surface area contributed by atoms with Gasteiger partial charge in [0.25, 0.3) is 11.5 Å². The zero-order chi connectivity index (χ0) is 24.9. The third kappa shape index (κ3) is 3.77. The molecule has 0 aromatic heterocycles. The molecule has 1 unspecified atom stereocenters. The van der Waals surface area contributed by atoms with E-state index in [0.29, 0.717) is 29.8 Å². The average Bonchev–Trinajstić information content (AvgIpc) is 3.13. The van der Waals surface area contributed by atoms with Crippen molar-refractivity contribution in [3.63, 3.8) is 0 Å². The molecule has 0 saturated heterocycles. The molecule has 0 bridgehead atoms. The highest BCUT2D eigenvalue weighted by molar-refractivity contribution is 7.93. The van der Waals surface area contributed by atoms with Crippen molar-refractivity contribution >= 4 is 21.4 Å². The van der Waals surface area contributed by atoms with Crippen molar-refractivity contribution in [1.82, 2.24) is 5.32 Å². The van der Waals surface area contributed by atoms with Crippen LogP contribution in [-0.2, 0) is 31.6 Å². The number of alkyl halides is 6. The van der Waals surface area contributed by atoms with Crippen molar-refractivity contribution in [2.45, 2.75) is 36.3 Å². The maximum atomic E-state index is 13.1. The Labute approximate surface area is 184 Å². The molecule has 0 radical (unpaired) electrons. The number of rotatable bonds is 5. The van der Waals surface area contributed by atoms with Crippen molar-refractivity contribution in [2.24, 2.45) is 0 Å². The van der Waals surface area contributed by atoms with Crippen LogP contribution in [0.5, 0.6) is 0 Å². The van der Waals surface area contributed by atoms with Crippen molar-refractivity contribution in [2.75, 3.05) is 11.1 Å². The second-order valence-electron chi connectivity index (χ2n) is 7.33. The lowest BCUT2D eigenvalue weighted by atomic mass is 9.92. The van der Waals surface area contributed by atoms with E-state index in [4.69, 9.17) is 0 Å². The van der Waals surface area contributed by atoms with Gasteiger partial charge in [-0.3, -0.25) is 10.1 Å². The summed E-state index contributed by atoms with van der Waals surface area (Å²) < 4.78 is 104. The summed E-state index contributed by atoms with van der Waals surface area (Å²) in [5.41, 5.74) is -6.20. The number of hydrogen-bond acceptors (Lipinski definition) is 5. The van der Waals surface area contributed by atoms with Crippen LogP contribution in [0.15, 0.2) is 48.5 Å². The van der Waals surface area contributed by atoms with Gasteiger partial charge in [0.1, 0.15) is 0 Å². The lowest BCUT2D eigenvalue weighted by molar-refractivity contribution is -0.376. The van der Waals surface area contributed by atoms with Crippen LogP contribution in [0.2, 0.25) is 0 Å². The zero-order valence-corrected chi connectivity index (χ0v) is 17.7. The Bertz CT molecular complexity index is 1150. The number of anilines is 1. The van der Waals surface area contributed by atoms with Crippen molar-refractivity contribution in [3.05, 3.63) is 65.2 Å². The number of aliphatic hydroxyl groups is 1. The Balaban J connectivity index is 2.00. The number of benzene rings is 2. The lowest BCUT2D eigenvalue weighted by Crippen LogP contribution is -2.54. The first kappa shape index (κ1) is 25.0. The van der Waals surface area contributed by atoms with E-state index in [9.17, 15) is 44.7 Å². The molecule has 6 nitrogen and oxygen atoms in total. The third-order valence-electron chi connectivity index (χ3n) is 5.47. The summed E-state index contributed by atoms with van der Waals surface area (Å²) in [6, 6.07) is 8.37. The standard InChI is InChI=1S/C20H18F6N2O4S/c1-2-33(31,32)17(15-6-4-3-5-12(15)11-27-17)16(29)28-14-9-7-13(8-10-14)18(30,19(21,22)23)20(24,25)26/h3-10,27,30H,2,11H2,1H3,(H,28,29). The van der Waals surface area contributed by atoms with Crippen LogP contribution in [0.4, 0.5) is 32.0 Å². The minimum atomic E-state index is -6.06. The number of nitrogens with one attached hydrogen (secondary N) is 2. The molecule has 1 amide bonds. The smallest absolute Gasteiger partial charge is 0.369 e. The highest BCUT2D eigenvalue weighted by Gasteiger charge is 2.71. The van der Waals surface area contributed by atoms with Crippen LogP contribution in [0, 0.1) is 0 Å². The molecule has 33 heavy (non-hydrogen) atoms. The number of carbonyl (C=O) groups is 1. The minimum absolute atomic E-state index is 0.0476. The van der Waals surface area contributed by atoms with Gasteiger partial charge >= 0.3 is 12.4 Å². The molecule has 1 atom stereocenters. The summed E-state index contributed by atoms with van der Waals surface area (Å²) in [5.74, 6) is -1.51. The maximum Gasteiger partial charge on any atom is 0.430 e. The molecular formula is C20H18F6N2O4S. The largest absolute Gasteiger partial charge is 0.430 e. The first-order valence-electron chi connectivity index (χ1n) is 9.45. The van der Waals surface area contributed by atoms with Crippen LogP contribution in [-0.4, -0.2) is 37.5 Å². The predicted octanol–water partition coefficient (Wildman–Crippen LogP) is 3.33. The predicted molar refractivity (Wildman–Crippen MR) is 105 cm³/mol. The summed E-state index contributed by atoms with van der Waals surface area (Å²) in [7, 11) is -4.12.